The highest BCUT2D eigenvalue weighted by molar-refractivity contribution is 5.94. The number of nitrogens with zero attached hydrogens (tertiary/aromatic N) is 2. The van der Waals surface area contributed by atoms with E-state index >= 15 is 0 Å². The van der Waals surface area contributed by atoms with E-state index in [1.165, 1.54) is 18.4 Å². The van der Waals surface area contributed by atoms with E-state index < -0.39 is 6.10 Å². The maximum Gasteiger partial charge on any atom is 0.253 e. The monoisotopic (exact) mass is 375 g/mol. The second-order valence-corrected chi connectivity index (χ2v) is 7.82. The minimum absolute atomic E-state index is 0.187. The Morgan fingerprint density at radius 1 is 1.11 bits per heavy atom. The van der Waals surface area contributed by atoms with Crippen LogP contribution in [-0.2, 0) is 0 Å². The fourth-order valence-corrected chi connectivity index (χ4v) is 3.62. The number of carbonyl (C=O) groups excluding carboxylic acids is 1. The predicted molar refractivity (Wildman–Crippen MR) is 107 cm³/mol. The lowest BCUT2D eigenvalue weighted by molar-refractivity contribution is 0.0717. The number of aliphatic hydroxyl groups is 1. The number of pyridine rings is 2. The number of hydrogen-bond acceptors (Lipinski definition) is 4. The molecule has 2 fully saturated rings. The van der Waals surface area contributed by atoms with Crippen molar-refractivity contribution < 1.29 is 9.90 Å². The SMILES string of the molecule is Cc1ncc(C(=O)N[C@H]2CCCC[C@@H]2O)cc1C#Cc1cncc(C2CC2)c1. The minimum atomic E-state index is -0.471. The standard InChI is InChI=1S/C23H25N3O2/c1-15-18(7-6-16-10-19(13-24-12-16)17-8-9-17)11-20(14-25-15)23(28)26-21-4-2-3-5-22(21)27/h10-14,17,21-22,27H,2-5,8-9H2,1H3,(H,26,28)/t21-,22-/m0/s1. The summed E-state index contributed by atoms with van der Waals surface area (Å²) in [6.07, 6.45) is 10.8. The van der Waals surface area contributed by atoms with Crippen LogP contribution in [0, 0.1) is 18.8 Å². The van der Waals surface area contributed by atoms with Gasteiger partial charge in [0.05, 0.1) is 23.4 Å². The third-order valence-electron chi connectivity index (χ3n) is 5.54. The number of rotatable bonds is 3. The first kappa shape index (κ1) is 18.6. The normalized spacial score (nSPS) is 21.5. The number of carbonyl (C=O) groups is 1. The summed E-state index contributed by atoms with van der Waals surface area (Å²) in [7, 11) is 0. The number of aliphatic hydroxyl groups excluding tert-OH is 1. The van der Waals surface area contributed by atoms with Crippen molar-refractivity contribution in [3.05, 3.63) is 58.7 Å². The van der Waals surface area contributed by atoms with E-state index in [-0.39, 0.29) is 11.9 Å². The molecule has 2 atom stereocenters. The van der Waals surface area contributed by atoms with E-state index in [1.54, 1.807) is 18.5 Å². The molecule has 144 valence electrons. The lowest BCUT2D eigenvalue weighted by atomic mass is 9.92. The van der Waals surface area contributed by atoms with Gasteiger partial charge >= 0.3 is 0 Å². The average Bonchev–Trinajstić information content (AvgIpc) is 3.55. The number of amides is 1. The zero-order valence-electron chi connectivity index (χ0n) is 16.1. The van der Waals surface area contributed by atoms with Gasteiger partial charge in [-0.25, -0.2) is 0 Å². The highest BCUT2D eigenvalue weighted by Crippen LogP contribution is 2.39. The number of nitrogens with one attached hydrogen (secondary N) is 1. The molecule has 1 amide bonds. The molecule has 0 aliphatic heterocycles. The van der Waals surface area contributed by atoms with Crippen LogP contribution < -0.4 is 5.32 Å². The van der Waals surface area contributed by atoms with E-state index in [9.17, 15) is 9.90 Å². The molecule has 0 bridgehead atoms. The molecular weight excluding hydrogens is 350 g/mol. The maximum atomic E-state index is 12.6. The molecule has 0 spiro atoms. The van der Waals surface area contributed by atoms with Gasteiger partial charge in [-0.1, -0.05) is 24.7 Å². The van der Waals surface area contributed by atoms with Gasteiger partial charge in [0.25, 0.3) is 5.91 Å². The van der Waals surface area contributed by atoms with Gasteiger partial charge in [-0.05, 0) is 56.2 Å². The summed E-state index contributed by atoms with van der Waals surface area (Å²) < 4.78 is 0. The lowest BCUT2D eigenvalue weighted by Crippen LogP contribution is -2.45. The van der Waals surface area contributed by atoms with Crippen LogP contribution in [0.25, 0.3) is 0 Å². The molecule has 2 aliphatic carbocycles. The summed E-state index contributed by atoms with van der Waals surface area (Å²) >= 11 is 0. The van der Waals surface area contributed by atoms with Crippen molar-refractivity contribution in [2.24, 2.45) is 0 Å². The quantitative estimate of drug-likeness (QED) is 0.809. The highest BCUT2D eigenvalue weighted by Gasteiger charge is 2.25. The molecule has 5 heteroatoms. The van der Waals surface area contributed by atoms with Crippen molar-refractivity contribution in [2.75, 3.05) is 0 Å². The summed E-state index contributed by atoms with van der Waals surface area (Å²) in [5.74, 6) is 6.73. The van der Waals surface area contributed by atoms with Gasteiger partial charge in [-0.2, -0.15) is 0 Å². The Balaban J connectivity index is 1.51. The summed E-state index contributed by atoms with van der Waals surface area (Å²) in [4.78, 5) is 21.2. The molecule has 2 N–H and O–H groups in total. The van der Waals surface area contributed by atoms with Crippen LogP contribution in [0.15, 0.2) is 30.7 Å². The van der Waals surface area contributed by atoms with Crippen LogP contribution >= 0.6 is 0 Å². The molecule has 0 unspecified atom stereocenters. The molecule has 2 aromatic rings. The summed E-state index contributed by atoms with van der Waals surface area (Å²) in [5.41, 5.74) is 4.11. The third-order valence-corrected chi connectivity index (χ3v) is 5.54. The number of aromatic nitrogens is 2. The van der Waals surface area contributed by atoms with Gasteiger partial charge in [0.1, 0.15) is 0 Å². The van der Waals surface area contributed by atoms with Gasteiger partial charge in [0.15, 0.2) is 0 Å². The molecule has 2 saturated carbocycles. The van der Waals surface area contributed by atoms with E-state index in [2.05, 4.69) is 33.2 Å². The van der Waals surface area contributed by atoms with Gasteiger partial charge in [-0.3, -0.25) is 14.8 Å². The Bertz CT molecular complexity index is 940. The van der Waals surface area contributed by atoms with E-state index in [0.29, 0.717) is 11.5 Å². The Hall–Kier alpha value is -2.71. The molecule has 2 heterocycles. The molecule has 5 nitrogen and oxygen atoms in total. The van der Waals surface area contributed by atoms with Crippen LogP contribution in [-0.4, -0.2) is 33.1 Å². The van der Waals surface area contributed by atoms with Crippen molar-refractivity contribution in [1.82, 2.24) is 15.3 Å². The molecule has 28 heavy (non-hydrogen) atoms. The molecule has 0 saturated heterocycles. The molecule has 0 aromatic carbocycles. The second-order valence-electron chi connectivity index (χ2n) is 7.82. The van der Waals surface area contributed by atoms with Crippen LogP contribution in [0.4, 0.5) is 0 Å². The zero-order valence-corrected chi connectivity index (χ0v) is 16.1. The van der Waals surface area contributed by atoms with Crippen LogP contribution in [0.5, 0.6) is 0 Å². The van der Waals surface area contributed by atoms with Crippen molar-refractivity contribution in [3.63, 3.8) is 0 Å². The van der Waals surface area contributed by atoms with Gasteiger partial charge in [-0.15, -0.1) is 0 Å². The van der Waals surface area contributed by atoms with Gasteiger partial charge in [0, 0.05) is 29.7 Å². The molecule has 0 radical (unpaired) electrons. The van der Waals surface area contributed by atoms with Crippen molar-refractivity contribution in [1.29, 1.82) is 0 Å². The van der Waals surface area contributed by atoms with Crippen LogP contribution in [0.2, 0.25) is 0 Å². The Labute approximate surface area is 165 Å². The van der Waals surface area contributed by atoms with Gasteiger partial charge in [0.2, 0.25) is 0 Å². The summed E-state index contributed by atoms with van der Waals surface area (Å²) in [6, 6.07) is 3.69. The Morgan fingerprint density at radius 3 is 2.71 bits per heavy atom. The fourth-order valence-electron chi connectivity index (χ4n) is 3.62. The largest absolute Gasteiger partial charge is 0.391 e. The molecular formula is C23H25N3O2. The Kier molecular flexibility index (Phi) is 5.40. The number of hydrogen-bond donors (Lipinski definition) is 2. The maximum absolute atomic E-state index is 12.6. The Morgan fingerprint density at radius 2 is 1.93 bits per heavy atom. The zero-order chi connectivity index (χ0) is 19.5. The topological polar surface area (TPSA) is 75.1 Å². The molecule has 2 aliphatic rings. The second kappa shape index (κ2) is 8.12. The van der Waals surface area contributed by atoms with E-state index in [4.69, 9.17) is 0 Å². The van der Waals surface area contributed by atoms with Crippen LogP contribution in [0.1, 0.15) is 77.2 Å². The summed E-state index contributed by atoms with van der Waals surface area (Å²) in [5, 5.41) is 13.0. The summed E-state index contributed by atoms with van der Waals surface area (Å²) in [6.45, 7) is 1.88. The first-order chi connectivity index (χ1) is 13.6. The van der Waals surface area contributed by atoms with E-state index in [1.807, 2.05) is 13.1 Å². The smallest absolute Gasteiger partial charge is 0.253 e. The van der Waals surface area contributed by atoms with Gasteiger partial charge < -0.3 is 10.4 Å². The lowest BCUT2D eigenvalue weighted by Gasteiger charge is -2.28. The van der Waals surface area contributed by atoms with Crippen molar-refractivity contribution in [2.45, 2.75) is 63.5 Å². The third kappa shape index (κ3) is 4.40. The first-order valence-corrected chi connectivity index (χ1v) is 10.0. The molecule has 2 aromatic heterocycles. The van der Waals surface area contributed by atoms with Crippen molar-refractivity contribution in [3.8, 4) is 11.8 Å². The minimum Gasteiger partial charge on any atom is -0.391 e. The van der Waals surface area contributed by atoms with E-state index in [0.717, 1.165) is 42.5 Å². The average molecular weight is 375 g/mol. The first-order valence-electron chi connectivity index (χ1n) is 10.0. The highest BCUT2D eigenvalue weighted by atomic mass is 16.3. The number of aryl methyl sites for hydroxylation is 1. The predicted octanol–water partition coefficient (Wildman–Crippen LogP) is 3.10. The van der Waals surface area contributed by atoms with Crippen molar-refractivity contribution >= 4 is 5.91 Å². The fraction of sp³-hybridized carbons (Fsp3) is 0.435. The van der Waals surface area contributed by atoms with Crippen LogP contribution in [0.3, 0.4) is 0 Å². The molecule has 4 rings (SSSR count).